The summed E-state index contributed by atoms with van der Waals surface area (Å²) < 4.78 is 5.63. The molecular formula is C14H20Cl2N2O. The quantitative estimate of drug-likeness (QED) is 0.929. The van der Waals surface area contributed by atoms with Gasteiger partial charge in [-0.3, -0.25) is 4.90 Å². The van der Waals surface area contributed by atoms with Crippen LogP contribution in [-0.2, 0) is 4.74 Å². The number of nitrogens with two attached hydrogens (primary N) is 1. The lowest BCUT2D eigenvalue weighted by molar-refractivity contribution is 0.0686. The Balaban J connectivity index is 2.29. The topological polar surface area (TPSA) is 38.5 Å². The smallest absolute Gasteiger partial charge is 0.0703 e. The van der Waals surface area contributed by atoms with E-state index >= 15 is 0 Å². The zero-order chi connectivity index (χ0) is 14.0. The van der Waals surface area contributed by atoms with Crippen LogP contribution in [-0.4, -0.2) is 37.2 Å². The Kier molecular flexibility index (Phi) is 5.09. The van der Waals surface area contributed by atoms with Crippen LogP contribution in [0.15, 0.2) is 18.2 Å². The molecule has 0 radical (unpaired) electrons. The van der Waals surface area contributed by atoms with Gasteiger partial charge in [-0.15, -0.1) is 0 Å². The van der Waals surface area contributed by atoms with Crippen LogP contribution < -0.4 is 5.73 Å². The van der Waals surface area contributed by atoms with Gasteiger partial charge >= 0.3 is 0 Å². The molecular weight excluding hydrogens is 283 g/mol. The second kappa shape index (κ2) is 6.42. The molecule has 0 bridgehead atoms. The van der Waals surface area contributed by atoms with Gasteiger partial charge in [-0.1, -0.05) is 29.3 Å². The zero-order valence-corrected chi connectivity index (χ0v) is 12.8. The normalized spacial score (nSPS) is 24.9. The average Bonchev–Trinajstić information content (AvgIpc) is 2.79. The molecule has 1 heterocycles. The maximum Gasteiger partial charge on any atom is 0.0703 e. The maximum atomic E-state index is 6.29. The summed E-state index contributed by atoms with van der Waals surface area (Å²) in [5.74, 6) is 0. The Hall–Kier alpha value is -0.320. The molecule has 1 aromatic carbocycles. The number of ether oxygens (including phenoxy) is 1. The Labute approximate surface area is 124 Å². The van der Waals surface area contributed by atoms with E-state index in [2.05, 4.69) is 18.9 Å². The summed E-state index contributed by atoms with van der Waals surface area (Å²) in [7, 11) is 2.06. The monoisotopic (exact) mass is 302 g/mol. The highest BCUT2D eigenvalue weighted by atomic mass is 35.5. The first-order valence-corrected chi connectivity index (χ1v) is 7.29. The first kappa shape index (κ1) is 15.1. The molecule has 1 aromatic rings. The summed E-state index contributed by atoms with van der Waals surface area (Å²) in [6, 6.07) is 5.92. The minimum absolute atomic E-state index is 0.00958. The SMILES string of the molecule is CC1OCCC1N(C)C(CN)c1c(Cl)cccc1Cl. The summed E-state index contributed by atoms with van der Waals surface area (Å²) in [5.41, 5.74) is 6.87. The number of halogens is 2. The van der Waals surface area contributed by atoms with Crippen molar-refractivity contribution >= 4 is 23.2 Å². The van der Waals surface area contributed by atoms with Gasteiger partial charge in [-0.2, -0.15) is 0 Å². The molecule has 0 aromatic heterocycles. The van der Waals surface area contributed by atoms with Gasteiger partial charge < -0.3 is 10.5 Å². The van der Waals surface area contributed by atoms with Crippen LogP contribution in [0, 0.1) is 0 Å². The van der Waals surface area contributed by atoms with Crippen molar-refractivity contribution in [2.24, 2.45) is 5.73 Å². The van der Waals surface area contributed by atoms with E-state index in [1.807, 2.05) is 18.2 Å². The van der Waals surface area contributed by atoms with E-state index in [4.69, 9.17) is 33.7 Å². The van der Waals surface area contributed by atoms with E-state index in [-0.39, 0.29) is 12.1 Å². The number of hydrogen-bond donors (Lipinski definition) is 1. The average molecular weight is 303 g/mol. The number of likely N-dealkylation sites (N-methyl/N-ethyl adjacent to an activating group) is 1. The molecule has 2 rings (SSSR count). The minimum atomic E-state index is 0.00958. The Morgan fingerprint density at radius 3 is 2.53 bits per heavy atom. The molecule has 3 unspecified atom stereocenters. The molecule has 0 saturated carbocycles. The van der Waals surface area contributed by atoms with E-state index in [0.717, 1.165) is 18.6 Å². The number of rotatable bonds is 4. The summed E-state index contributed by atoms with van der Waals surface area (Å²) in [6.45, 7) is 3.36. The Morgan fingerprint density at radius 1 is 1.42 bits per heavy atom. The van der Waals surface area contributed by atoms with Crippen LogP contribution in [0.5, 0.6) is 0 Å². The first-order valence-electron chi connectivity index (χ1n) is 6.53. The molecule has 0 amide bonds. The third-order valence-electron chi connectivity index (χ3n) is 3.91. The molecule has 3 nitrogen and oxygen atoms in total. The highest BCUT2D eigenvalue weighted by molar-refractivity contribution is 6.36. The number of hydrogen-bond acceptors (Lipinski definition) is 3. The predicted octanol–water partition coefficient (Wildman–Crippen LogP) is 3.10. The summed E-state index contributed by atoms with van der Waals surface area (Å²) >= 11 is 12.6. The lowest BCUT2D eigenvalue weighted by Gasteiger charge is -2.34. The molecule has 3 atom stereocenters. The van der Waals surface area contributed by atoms with Gasteiger partial charge in [0.25, 0.3) is 0 Å². The van der Waals surface area contributed by atoms with Crippen LogP contribution in [0.2, 0.25) is 10.0 Å². The van der Waals surface area contributed by atoms with E-state index in [1.54, 1.807) is 0 Å². The van der Waals surface area contributed by atoms with Gasteiger partial charge in [-0.25, -0.2) is 0 Å². The molecule has 19 heavy (non-hydrogen) atoms. The molecule has 5 heteroatoms. The highest BCUT2D eigenvalue weighted by Gasteiger charge is 2.33. The van der Waals surface area contributed by atoms with E-state index in [9.17, 15) is 0 Å². The van der Waals surface area contributed by atoms with Crippen molar-refractivity contribution in [2.75, 3.05) is 20.2 Å². The molecule has 106 valence electrons. The molecule has 2 N–H and O–H groups in total. The summed E-state index contributed by atoms with van der Waals surface area (Å²) in [5, 5.41) is 1.34. The van der Waals surface area contributed by atoms with Gasteiger partial charge in [0.15, 0.2) is 0 Å². The Morgan fingerprint density at radius 2 is 2.05 bits per heavy atom. The lowest BCUT2D eigenvalue weighted by atomic mass is 10.0. The Bertz CT molecular complexity index is 421. The summed E-state index contributed by atoms with van der Waals surface area (Å²) in [4.78, 5) is 2.24. The van der Waals surface area contributed by atoms with Crippen molar-refractivity contribution in [2.45, 2.75) is 31.5 Å². The number of nitrogens with zero attached hydrogens (tertiary/aromatic N) is 1. The van der Waals surface area contributed by atoms with Crippen molar-refractivity contribution in [3.63, 3.8) is 0 Å². The molecule has 1 aliphatic rings. The van der Waals surface area contributed by atoms with Crippen molar-refractivity contribution in [3.05, 3.63) is 33.8 Å². The van der Waals surface area contributed by atoms with Crippen molar-refractivity contribution in [3.8, 4) is 0 Å². The fraction of sp³-hybridized carbons (Fsp3) is 0.571. The lowest BCUT2D eigenvalue weighted by Crippen LogP contribution is -2.42. The van der Waals surface area contributed by atoms with Crippen LogP contribution in [0.3, 0.4) is 0 Å². The van der Waals surface area contributed by atoms with Gasteiger partial charge in [0, 0.05) is 34.8 Å². The maximum absolute atomic E-state index is 6.29. The molecule has 1 fully saturated rings. The third-order valence-corrected chi connectivity index (χ3v) is 4.57. The molecule has 0 aliphatic carbocycles. The minimum Gasteiger partial charge on any atom is -0.377 e. The standard InChI is InChI=1S/C14H20Cl2N2O/c1-9-12(6-7-19-9)18(2)13(8-17)14-10(15)4-3-5-11(14)16/h3-5,9,12-13H,6-8,17H2,1-2H3. The van der Waals surface area contributed by atoms with Gasteiger partial charge in [0.2, 0.25) is 0 Å². The van der Waals surface area contributed by atoms with E-state index in [0.29, 0.717) is 22.6 Å². The van der Waals surface area contributed by atoms with Crippen LogP contribution in [0.1, 0.15) is 24.9 Å². The molecule has 0 spiro atoms. The first-order chi connectivity index (χ1) is 9.06. The third kappa shape index (κ3) is 3.06. The highest BCUT2D eigenvalue weighted by Crippen LogP contribution is 2.35. The fourth-order valence-electron chi connectivity index (χ4n) is 2.80. The van der Waals surface area contributed by atoms with E-state index in [1.165, 1.54) is 0 Å². The second-order valence-electron chi connectivity index (χ2n) is 4.98. The van der Waals surface area contributed by atoms with Crippen LogP contribution in [0.25, 0.3) is 0 Å². The van der Waals surface area contributed by atoms with Gasteiger partial charge in [0.1, 0.15) is 0 Å². The molecule has 1 aliphatic heterocycles. The van der Waals surface area contributed by atoms with Crippen molar-refractivity contribution in [1.82, 2.24) is 4.90 Å². The predicted molar refractivity (Wildman–Crippen MR) is 79.8 cm³/mol. The van der Waals surface area contributed by atoms with Crippen LogP contribution >= 0.6 is 23.2 Å². The number of benzene rings is 1. The van der Waals surface area contributed by atoms with Gasteiger partial charge in [0.05, 0.1) is 12.1 Å². The van der Waals surface area contributed by atoms with Crippen LogP contribution in [0.4, 0.5) is 0 Å². The zero-order valence-electron chi connectivity index (χ0n) is 11.3. The van der Waals surface area contributed by atoms with E-state index < -0.39 is 0 Å². The fourth-order valence-corrected chi connectivity index (χ4v) is 3.45. The van der Waals surface area contributed by atoms with Crippen molar-refractivity contribution in [1.29, 1.82) is 0 Å². The van der Waals surface area contributed by atoms with Gasteiger partial charge in [-0.05, 0) is 32.5 Å². The largest absolute Gasteiger partial charge is 0.377 e. The summed E-state index contributed by atoms with van der Waals surface area (Å²) in [6.07, 6.45) is 1.22. The van der Waals surface area contributed by atoms with Crippen molar-refractivity contribution < 1.29 is 4.74 Å². The molecule has 1 saturated heterocycles. The second-order valence-corrected chi connectivity index (χ2v) is 5.80.